The molecule has 1 saturated heterocycles. The Morgan fingerprint density at radius 1 is 1.09 bits per heavy atom. The summed E-state index contributed by atoms with van der Waals surface area (Å²) in [5, 5.41) is 4.49. The molecule has 0 radical (unpaired) electrons. The number of benzene rings is 1. The smallest absolute Gasteiger partial charge is 0.268 e. The van der Waals surface area contributed by atoms with Gasteiger partial charge in [-0.05, 0) is 18.1 Å². The molecule has 2 amide bonds. The SMILES string of the molecule is Cc1c(-c2ccccc2)sc(NC(=O)c2cnc(C(C)(C)C)s2)c1C(=O)N1CCOCC1. The minimum atomic E-state index is -0.241. The van der Waals surface area contributed by atoms with Gasteiger partial charge in [0.1, 0.15) is 9.88 Å². The number of rotatable bonds is 4. The molecule has 0 aliphatic carbocycles. The Morgan fingerprint density at radius 3 is 2.41 bits per heavy atom. The predicted molar refractivity (Wildman–Crippen MR) is 130 cm³/mol. The first kappa shape index (κ1) is 22.6. The fourth-order valence-corrected chi connectivity index (χ4v) is 5.61. The topological polar surface area (TPSA) is 71.5 Å². The molecule has 1 fully saturated rings. The summed E-state index contributed by atoms with van der Waals surface area (Å²) in [6.45, 7) is 10.3. The van der Waals surface area contributed by atoms with Crippen LogP contribution in [0.1, 0.15) is 51.4 Å². The molecule has 0 atom stereocenters. The maximum Gasteiger partial charge on any atom is 0.268 e. The first-order chi connectivity index (χ1) is 15.3. The molecular weight excluding hydrogens is 442 g/mol. The molecule has 0 unspecified atom stereocenters. The number of amides is 2. The van der Waals surface area contributed by atoms with Crippen LogP contribution in [-0.2, 0) is 10.2 Å². The maximum absolute atomic E-state index is 13.5. The second-order valence-electron chi connectivity index (χ2n) is 8.76. The molecule has 1 N–H and O–H groups in total. The van der Waals surface area contributed by atoms with Crippen LogP contribution in [-0.4, -0.2) is 48.0 Å². The van der Waals surface area contributed by atoms with Crippen molar-refractivity contribution in [1.82, 2.24) is 9.88 Å². The minimum Gasteiger partial charge on any atom is -0.378 e. The number of morpholine rings is 1. The minimum absolute atomic E-state index is 0.0702. The third-order valence-corrected chi connectivity index (χ3v) is 7.97. The zero-order chi connectivity index (χ0) is 22.9. The van der Waals surface area contributed by atoms with Crippen LogP contribution < -0.4 is 5.32 Å². The number of hydrogen-bond acceptors (Lipinski definition) is 6. The summed E-state index contributed by atoms with van der Waals surface area (Å²) in [7, 11) is 0. The molecule has 1 aromatic carbocycles. The van der Waals surface area contributed by atoms with Crippen LogP contribution >= 0.6 is 22.7 Å². The van der Waals surface area contributed by atoms with Crippen molar-refractivity contribution in [3.8, 4) is 10.4 Å². The molecule has 0 bridgehead atoms. The third-order valence-electron chi connectivity index (χ3n) is 5.29. The van der Waals surface area contributed by atoms with E-state index in [0.717, 1.165) is 21.0 Å². The summed E-state index contributed by atoms with van der Waals surface area (Å²) < 4.78 is 5.41. The van der Waals surface area contributed by atoms with E-state index in [9.17, 15) is 9.59 Å². The zero-order valence-electron chi connectivity index (χ0n) is 18.7. The number of ether oxygens (including phenoxy) is 1. The van der Waals surface area contributed by atoms with E-state index in [2.05, 4.69) is 31.1 Å². The lowest BCUT2D eigenvalue weighted by Gasteiger charge is -2.27. The van der Waals surface area contributed by atoms with E-state index in [1.54, 1.807) is 11.1 Å². The van der Waals surface area contributed by atoms with Crippen molar-refractivity contribution < 1.29 is 14.3 Å². The maximum atomic E-state index is 13.5. The van der Waals surface area contributed by atoms with E-state index in [1.807, 2.05) is 37.3 Å². The molecule has 0 spiro atoms. The van der Waals surface area contributed by atoms with Crippen LogP contribution in [0.3, 0.4) is 0 Å². The molecule has 168 valence electrons. The van der Waals surface area contributed by atoms with Crippen molar-refractivity contribution in [3.63, 3.8) is 0 Å². The second-order valence-corrected chi connectivity index (χ2v) is 10.8. The van der Waals surface area contributed by atoms with E-state index < -0.39 is 0 Å². The molecular formula is C24H27N3O3S2. The van der Waals surface area contributed by atoms with Crippen LogP contribution in [0.2, 0.25) is 0 Å². The Bertz CT molecular complexity index is 1120. The lowest BCUT2D eigenvalue weighted by atomic mass is 9.98. The number of carbonyl (C=O) groups is 2. The standard InChI is InChI=1S/C24H27N3O3S2/c1-15-18(22(29)27-10-12-30-13-11-27)21(32-19(15)16-8-6-5-7-9-16)26-20(28)17-14-25-23(31-17)24(2,3)4/h5-9,14H,10-13H2,1-4H3,(H,26,28). The molecule has 8 heteroatoms. The molecule has 3 aromatic rings. The molecule has 0 saturated carbocycles. The first-order valence-electron chi connectivity index (χ1n) is 10.6. The van der Waals surface area contributed by atoms with Crippen LogP contribution in [0.15, 0.2) is 36.5 Å². The highest BCUT2D eigenvalue weighted by Gasteiger charge is 2.29. The number of carbonyl (C=O) groups excluding carboxylic acids is 2. The van der Waals surface area contributed by atoms with Gasteiger partial charge in [-0.2, -0.15) is 0 Å². The van der Waals surface area contributed by atoms with Crippen LogP contribution in [0.4, 0.5) is 5.00 Å². The number of thiazole rings is 1. The van der Waals surface area contributed by atoms with Gasteiger partial charge >= 0.3 is 0 Å². The van der Waals surface area contributed by atoms with Gasteiger partial charge in [-0.1, -0.05) is 51.1 Å². The Kier molecular flexibility index (Phi) is 6.46. The van der Waals surface area contributed by atoms with Gasteiger partial charge in [0.25, 0.3) is 11.8 Å². The summed E-state index contributed by atoms with van der Waals surface area (Å²) in [6, 6.07) is 9.95. The molecule has 4 rings (SSSR count). The molecule has 1 aliphatic rings. The average Bonchev–Trinajstić information content (AvgIpc) is 3.40. The highest BCUT2D eigenvalue weighted by molar-refractivity contribution is 7.20. The largest absolute Gasteiger partial charge is 0.378 e. The first-order valence-corrected chi connectivity index (χ1v) is 12.2. The lowest BCUT2D eigenvalue weighted by molar-refractivity contribution is 0.0303. The summed E-state index contributed by atoms with van der Waals surface area (Å²) in [6.07, 6.45) is 1.61. The van der Waals surface area contributed by atoms with Gasteiger partial charge in [0.15, 0.2) is 0 Å². The number of thiophene rings is 1. The Morgan fingerprint density at radius 2 is 1.78 bits per heavy atom. The fourth-order valence-electron chi connectivity index (χ4n) is 3.54. The van der Waals surface area contributed by atoms with Gasteiger partial charge in [0, 0.05) is 23.4 Å². The van der Waals surface area contributed by atoms with Crippen molar-refractivity contribution in [3.05, 3.63) is 57.5 Å². The lowest BCUT2D eigenvalue weighted by Crippen LogP contribution is -2.41. The molecule has 2 aromatic heterocycles. The summed E-state index contributed by atoms with van der Waals surface area (Å²) in [4.78, 5) is 34.3. The Balaban J connectivity index is 1.70. The van der Waals surface area contributed by atoms with Crippen molar-refractivity contribution in [2.45, 2.75) is 33.1 Å². The van der Waals surface area contributed by atoms with Crippen molar-refractivity contribution in [2.24, 2.45) is 0 Å². The van der Waals surface area contributed by atoms with Gasteiger partial charge in [0.05, 0.1) is 30.0 Å². The van der Waals surface area contributed by atoms with Crippen LogP contribution in [0.5, 0.6) is 0 Å². The summed E-state index contributed by atoms with van der Waals surface area (Å²) in [5.41, 5.74) is 2.34. The summed E-state index contributed by atoms with van der Waals surface area (Å²) >= 11 is 2.83. The van der Waals surface area contributed by atoms with Gasteiger partial charge in [-0.25, -0.2) is 4.98 Å². The van der Waals surface area contributed by atoms with E-state index in [1.165, 1.54) is 22.7 Å². The van der Waals surface area contributed by atoms with E-state index in [4.69, 9.17) is 4.74 Å². The van der Waals surface area contributed by atoms with Gasteiger partial charge in [-0.3, -0.25) is 9.59 Å². The summed E-state index contributed by atoms with van der Waals surface area (Å²) in [5.74, 6) is -0.311. The van der Waals surface area contributed by atoms with Gasteiger partial charge in [-0.15, -0.1) is 22.7 Å². The third kappa shape index (κ3) is 4.62. The van der Waals surface area contributed by atoms with Crippen molar-refractivity contribution >= 4 is 39.5 Å². The second kappa shape index (κ2) is 9.13. The van der Waals surface area contributed by atoms with Gasteiger partial charge in [0.2, 0.25) is 0 Å². The highest BCUT2D eigenvalue weighted by atomic mass is 32.1. The molecule has 32 heavy (non-hydrogen) atoms. The number of anilines is 1. The molecule has 6 nitrogen and oxygen atoms in total. The Hall–Kier alpha value is -2.55. The van der Waals surface area contributed by atoms with E-state index >= 15 is 0 Å². The average molecular weight is 470 g/mol. The number of hydrogen-bond donors (Lipinski definition) is 1. The zero-order valence-corrected chi connectivity index (χ0v) is 20.4. The molecule has 3 heterocycles. The van der Waals surface area contributed by atoms with Crippen molar-refractivity contribution in [1.29, 1.82) is 0 Å². The number of nitrogens with zero attached hydrogens (tertiary/aromatic N) is 2. The molecule has 1 aliphatic heterocycles. The Labute approximate surface area is 196 Å². The number of aromatic nitrogens is 1. The monoisotopic (exact) mass is 469 g/mol. The van der Waals surface area contributed by atoms with E-state index in [0.29, 0.717) is 41.7 Å². The quantitative estimate of drug-likeness (QED) is 0.570. The predicted octanol–water partition coefficient (Wildman–Crippen LogP) is 5.20. The van der Waals surface area contributed by atoms with Crippen molar-refractivity contribution in [2.75, 3.05) is 31.6 Å². The number of nitrogens with one attached hydrogen (secondary N) is 1. The normalized spacial score (nSPS) is 14.4. The fraction of sp³-hybridized carbons (Fsp3) is 0.375. The van der Waals surface area contributed by atoms with Gasteiger partial charge < -0.3 is 15.0 Å². The van der Waals surface area contributed by atoms with Crippen LogP contribution in [0.25, 0.3) is 10.4 Å². The van der Waals surface area contributed by atoms with E-state index in [-0.39, 0.29) is 17.2 Å². The highest BCUT2D eigenvalue weighted by Crippen LogP contribution is 2.41. The van der Waals surface area contributed by atoms with Crippen LogP contribution in [0, 0.1) is 6.92 Å².